The number of nitrogens with one attached hydrogen (secondary N) is 1. The molecular weight excluding hydrogens is 330 g/mol. The lowest BCUT2D eigenvalue weighted by Crippen LogP contribution is -2.24. The van der Waals surface area contributed by atoms with Crippen molar-refractivity contribution < 1.29 is 0 Å². The van der Waals surface area contributed by atoms with Gasteiger partial charge in [-0.1, -0.05) is 38.1 Å². The van der Waals surface area contributed by atoms with Gasteiger partial charge in [0.15, 0.2) is 0 Å². The number of hydrogen-bond donors (Lipinski definition) is 1. The first kappa shape index (κ1) is 15.7. The zero-order chi connectivity index (χ0) is 14.5. The molecule has 20 heavy (non-hydrogen) atoms. The molecule has 0 spiro atoms. The van der Waals surface area contributed by atoms with Gasteiger partial charge in [0.05, 0.1) is 9.83 Å². The van der Waals surface area contributed by atoms with E-state index in [0.717, 1.165) is 19.4 Å². The third kappa shape index (κ3) is 3.51. The summed E-state index contributed by atoms with van der Waals surface area (Å²) in [5.74, 6) is 0. The van der Waals surface area contributed by atoms with Gasteiger partial charge in [0.2, 0.25) is 0 Å². The summed E-state index contributed by atoms with van der Waals surface area (Å²) in [5.41, 5.74) is 4.25. The molecule has 1 aromatic carbocycles. The summed E-state index contributed by atoms with van der Waals surface area (Å²) in [4.78, 5) is 1.39. The molecule has 3 heteroatoms. The molecule has 0 fully saturated rings. The normalized spacial score (nSPS) is 12.6. The maximum absolute atomic E-state index is 3.72. The number of hydrogen-bond acceptors (Lipinski definition) is 2. The van der Waals surface area contributed by atoms with Crippen LogP contribution in [0.15, 0.2) is 34.1 Å². The summed E-state index contributed by atoms with van der Waals surface area (Å²) < 4.78 is 1.21. The maximum Gasteiger partial charge on any atom is 0.0704 e. The molecule has 1 atom stereocenters. The summed E-state index contributed by atoms with van der Waals surface area (Å²) >= 11 is 5.43. The highest BCUT2D eigenvalue weighted by Crippen LogP contribution is 2.34. The highest BCUT2D eigenvalue weighted by molar-refractivity contribution is 9.11. The van der Waals surface area contributed by atoms with E-state index in [1.165, 1.54) is 25.4 Å². The molecule has 1 heterocycles. The van der Waals surface area contributed by atoms with Crippen LogP contribution in [-0.2, 0) is 6.42 Å². The van der Waals surface area contributed by atoms with E-state index in [9.17, 15) is 0 Å². The van der Waals surface area contributed by atoms with Crippen LogP contribution in [0, 0.1) is 6.92 Å². The van der Waals surface area contributed by atoms with Gasteiger partial charge in [-0.15, -0.1) is 11.3 Å². The lowest BCUT2D eigenvalue weighted by atomic mass is 9.93. The molecule has 2 aromatic rings. The molecule has 1 nitrogen and oxygen atoms in total. The van der Waals surface area contributed by atoms with Gasteiger partial charge in [-0.05, 0) is 65.0 Å². The van der Waals surface area contributed by atoms with Crippen molar-refractivity contribution in [3.05, 3.63) is 55.7 Å². The van der Waals surface area contributed by atoms with Crippen molar-refractivity contribution in [1.29, 1.82) is 0 Å². The van der Waals surface area contributed by atoms with Crippen LogP contribution in [0.1, 0.15) is 47.9 Å². The highest BCUT2D eigenvalue weighted by atomic mass is 79.9. The topological polar surface area (TPSA) is 12.0 Å². The van der Waals surface area contributed by atoms with E-state index in [1.54, 1.807) is 0 Å². The van der Waals surface area contributed by atoms with Crippen molar-refractivity contribution in [1.82, 2.24) is 5.32 Å². The lowest BCUT2D eigenvalue weighted by Gasteiger charge is -2.22. The summed E-state index contributed by atoms with van der Waals surface area (Å²) in [6, 6.07) is 11.3. The first-order valence-corrected chi connectivity index (χ1v) is 8.85. The number of aryl methyl sites for hydroxylation is 2. The summed E-state index contributed by atoms with van der Waals surface area (Å²) in [5, 5.41) is 3.72. The van der Waals surface area contributed by atoms with Gasteiger partial charge >= 0.3 is 0 Å². The summed E-state index contributed by atoms with van der Waals surface area (Å²) in [6.07, 6.45) is 2.22. The second-order valence-electron chi connectivity index (χ2n) is 5.00. The second-order valence-corrected chi connectivity index (χ2v) is 7.64. The Bertz CT molecular complexity index is 562. The van der Waals surface area contributed by atoms with E-state index in [1.807, 2.05) is 11.3 Å². The summed E-state index contributed by atoms with van der Waals surface area (Å²) in [6.45, 7) is 7.69. The van der Waals surface area contributed by atoms with E-state index in [0.29, 0.717) is 6.04 Å². The molecule has 1 aromatic heterocycles. The molecule has 0 saturated carbocycles. The average molecular weight is 352 g/mol. The van der Waals surface area contributed by atoms with Crippen molar-refractivity contribution in [2.75, 3.05) is 6.54 Å². The van der Waals surface area contributed by atoms with E-state index in [2.05, 4.69) is 72.3 Å². The van der Waals surface area contributed by atoms with Crippen LogP contribution < -0.4 is 5.32 Å². The van der Waals surface area contributed by atoms with Crippen LogP contribution >= 0.6 is 27.3 Å². The number of rotatable bonds is 6. The van der Waals surface area contributed by atoms with Gasteiger partial charge in [-0.2, -0.15) is 0 Å². The molecule has 1 N–H and O–H groups in total. The zero-order valence-electron chi connectivity index (χ0n) is 12.4. The van der Waals surface area contributed by atoms with Crippen LogP contribution in [0.2, 0.25) is 0 Å². The smallest absolute Gasteiger partial charge is 0.0704 e. The Morgan fingerprint density at radius 2 is 1.95 bits per heavy atom. The molecule has 108 valence electrons. The van der Waals surface area contributed by atoms with E-state index in [-0.39, 0.29) is 0 Å². The van der Waals surface area contributed by atoms with Crippen LogP contribution in [0.5, 0.6) is 0 Å². The quantitative estimate of drug-likeness (QED) is 0.727. The molecule has 0 radical (unpaired) electrons. The van der Waals surface area contributed by atoms with Crippen molar-refractivity contribution in [2.24, 2.45) is 0 Å². The van der Waals surface area contributed by atoms with E-state index >= 15 is 0 Å². The Balaban J connectivity index is 2.44. The third-order valence-electron chi connectivity index (χ3n) is 3.58. The van der Waals surface area contributed by atoms with Crippen LogP contribution in [0.4, 0.5) is 0 Å². The molecule has 0 aliphatic heterocycles. The molecule has 0 aliphatic carbocycles. The Labute approximate surface area is 134 Å². The number of halogens is 1. The number of thiophene rings is 1. The fourth-order valence-corrected chi connectivity index (χ4v) is 4.31. The monoisotopic (exact) mass is 351 g/mol. The van der Waals surface area contributed by atoms with Gasteiger partial charge in [0.25, 0.3) is 0 Å². The Hall–Kier alpha value is -0.640. The van der Waals surface area contributed by atoms with E-state index in [4.69, 9.17) is 0 Å². The van der Waals surface area contributed by atoms with Crippen molar-refractivity contribution in [2.45, 2.75) is 39.7 Å². The molecular formula is C17H22BrNS. The zero-order valence-corrected chi connectivity index (χ0v) is 14.8. The predicted octanol–water partition coefficient (Wildman–Crippen LogP) is 5.47. The largest absolute Gasteiger partial charge is 0.306 e. The average Bonchev–Trinajstić information content (AvgIpc) is 2.79. The highest BCUT2D eigenvalue weighted by Gasteiger charge is 2.19. The van der Waals surface area contributed by atoms with Gasteiger partial charge in [0, 0.05) is 4.88 Å². The molecule has 0 aliphatic rings. The minimum atomic E-state index is 0.300. The lowest BCUT2D eigenvalue weighted by molar-refractivity contribution is 0.594. The summed E-state index contributed by atoms with van der Waals surface area (Å²) in [7, 11) is 0. The van der Waals surface area contributed by atoms with Gasteiger partial charge in [-0.3, -0.25) is 0 Å². The Kier molecular flexibility index (Phi) is 5.82. The maximum atomic E-state index is 3.72. The molecule has 2 rings (SSSR count). The molecule has 0 amide bonds. The minimum Gasteiger partial charge on any atom is -0.306 e. The minimum absolute atomic E-state index is 0.300. The van der Waals surface area contributed by atoms with Gasteiger partial charge in [-0.25, -0.2) is 0 Å². The van der Waals surface area contributed by atoms with Crippen LogP contribution in [-0.4, -0.2) is 6.54 Å². The predicted molar refractivity (Wildman–Crippen MR) is 92.7 cm³/mol. The standard InChI is InChI=1S/C17H22BrNS/c1-4-10-19-17(15-11-16(18)20-12(15)3)14-9-7-6-8-13(14)5-2/h6-9,11,17,19H,4-5,10H2,1-3H3. The first-order valence-electron chi connectivity index (χ1n) is 7.24. The third-order valence-corrected chi connectivity index (χ3v) is 5.15. The SMILES string of the molecule is CCCNC(c1ccccc1CC)c1cc(Br)sc1C. The Morgan fingerprint density at radius 3 is 2.55 bits per heavy atom. The Morgan fingerprint density at radius 1 is 1.20 bits per heavy atom. The van der Waals surface area contributed by atoms with Crippen molar-refractivity contribution >= 4 is 27.3 Å². The molecule has 1 unspecified atom stereocenters. The van der Waals surface area contributed by atoms with E-state index < -0.39 is 0 Å². The molecule has 0 saturated heterocycles. The van der Waals surface area contributed by atoms with Crippen molar-refractivity contribution in [3.8, 4) is 0 Å². The molecule has 0 bridgehead atoms. The first-order chi connectivity index (χ1) is 9.67. The van der Waals surface area contributed by atoms with Gasteiger partial charge < -0.3 is 5.32 Å². The fourth-order valence-electron chi connectivity index (χ4n) is 2.56. The van der Waals surface area contributed by atoms with Crippen LogP contribution in [0.3, 0.4) is 0 Å². The van der Waals surface area contributed by atoms with Gasteiger partial charge in [0.1, 0.15) is 0 Å². The number of benzene rings is 1. The second kappa shape index (κ2) is 7.39. The van der Waals surface area contributed by atoms with Crippen molar-refractivity contribution in [3.63, 3.8) is 0 Å². The van der Waals surface area contributed by atoms with Crippen LogP contribution in [0.25, 0.3) is 0 Å². The fraction of sp³-hybridized carbons (Fsp3) is 0.412.